The van der Waals surface area contributed by atoms with Gasteiger partial charge in [-0.05, 0) is 37.1 Å². The fraction of sp³-hybridized carbons (Fsp3) is 0.400. The average Bonchev–Trinajstić information content (AvgIpc) is 3.23. The Morgan fingerprint density at radius 1 is 1.22 bits per heavy atom. The predicted octanol–water partition coefficient (Wildman–Crippen LogP) is 3.32. The monoisotopic (exact) mass is 390 g/mol. The van der Waals surface area contributed by atoms with Crippen LogP contribution in [0.1, 0.15) is 23.4 Å². The van der Waals surface area contributed by atoms with E-state index in [0.29, 0.717) is 55.6 Å². The highest BCUT2D eigenvalue weighted by molar-refractivity contribution is 6.32. The second-order valence-corrected chi connectivity index (χ2v) is 6.99. The van der Waals surface area contributed by atoms with Crippen LogP contribution in [-0.4, -0.2) is 54.9 Å². The molecule has 7 heteroatoms. The first kappa shape index (κ1) is 19.3. The first-order valence-corrected chi connectivity index (χ1v) is 9.39. The van der Waals surface area contributed by atoms with Crippen molar-refractivity contribution in [3.05, 3.63) is 53.4 Å². The molecule has 0 radical (unpaired) electrons. The molecule has 2 aromatic rings. The van der Waals surface area contributed by atoms with E-state index in [1.807, 2.05) is 12.1 Å². The van der Waals surface area contributed by atoms with Crippen molar-refractivity contribution in [1.29, 1.82) is 0 Å². The Bertz CT molecular complexity index is 770. The van der Waals surface area contributed by atoms with E-state index in [9.17, 15) is 9.59 Å². The summed E-state index contributed by atoms with van der Waals surface area (Å²) in [6.07, 6.45) is 2.80. The van der Waals surface area contributed by atoms with Gasteiger partial charge in [0, 0.05) is 26.1 Å². The maximum absolute atomic E-state index is 12.6. The van der Waals surface area contributed by atoms with Gasteiger partial charge in [0.15, 0.2) is 5.76 Å². The van der Waals surface area contributed by atoms with Crippen molar-refractivity contribution in [2.24, 2.45) is 5.92 Å². The standard InChI is InChI=1S/C20H23ClN2O4/c1-22(12-14-27-17-6-3-2-5-16(17)21)19(24)15-8-10-23(11-9-15)20(25)18-7-4-13-26-18/h2-7,13,15H,8-12,14H2,1H3. The summed E-state index contributed by atoms with van der Waals surface area (Å²) >= 11 is 6.06. The Kier molecular flexibility index (Phi) is 6.40. The SMILES string of the molecule is CN(CCOc1ccccc1Cl)C(=O)C1CCN(C(=O)c2ccco2)CC1. The molecule has 1 aromatic carbocycles. The van der Waals surface area contributed by atoms with Crippen LogP contribution in [0, 0.1) is 5.92 Å². The number of amides is 2. The molecule has 0 atom stereocenters. The quantitative estimate of drug-likeness (QED) is 0.759. The number of hydrogen-bond acceptors (Lipinski definition) is 4. The van der Waals surface area contributed by atoms with Crippen molar-refractivity contribution in [2.75, 3.05) is 33.3 Å². The summed E-state index contributed by atoms with van der Waals surface area (Å²) in [5, 5.41) is 0.556. The summed E-state index contributed by atoms with van der Waals surface area (Å²) in [7, 11) is 1.78. The number of hydrogen-bond donors (Lipinski definition) is 0. The lowest BCUT2D eigenvalue weighted by atomic mass is 9.95. The second-order valence-electron chi connectivity index (χ2n) is 6.58. The summed E-state index contributed by atoms with van der Waals surface area (Å²) in [4.78, 5) is 28.3. The summed E-state index contributed by atoms with van der Waals surface area (Å²) < 4.78 is 10.8. The summed E-state index contributed by atoms with van der Waals surface area (Å²) in [5.74, 6) is 0.851. The van der Waals surface area contributed by atoms with E-state index in [2.05, 4.69) is 0 Å². The van der Waals surface area contributed by atoms with Gasteiger partial charge in [0.25, 0.3) is 5.91 Å². The molecule has 0 unspecified atom stereocenters. The van der Waals surface area contributed by atoms with Gasteiger partial charge in [0.1, 0.15) is 12.4 Å². The second kappa shape index (κ2) is 8.95. The number of halogens is 1. The van der Waals surface area contributed by atoms with Crippen molar-refractivity contribution in [1.82, 2.24) is 9.80 Å². The number of rotatable bonds is 6. The molecule has 1 aromatic heterocycles. The fourth-order valence-corrected chi connectivity index (χ4v) is 3.35. The minimum atomic E-state index is -0.118. The van der Waals surface area contributed by atoms with Crippen LogP contribution in [0.5, 0.6) is 5.75 Å². The van der Waals surface area contributed by atoms with Crippen LogP contribution >= 0.6 is 11.6 Å². The normalized spacial score (nSPS) is 14.8. The van der Waals surface area contributed by atoms with Gasteiger partial charge in [-0.25, -0.2) is 0 Å². The van der Waals surface area contributed by atoms with E-state index >= 15 is 0 Å². The van der Waals surface area contributed by atoms with Crippen molar-refractivity contribution >= 4 is 23.4 Å². The molecule has 2 amide bonds. The number of likely N-dealkylation sites (N-methyl/N-ethyl adjacent to an activating group) is 1. The number of carbonyl (C=O) groups is 2. The minimum absolute atomic E-state index is 0.0732. The van der Waals surface area contributed by atoms with Crippen LogP contribution in [0.3, 0.4) is 0 Å². The zero-order chi connectivity index (χ0) is 19.2. The highest BCUT2D eigenvalue weighted by Crippen LogP contribution is 2.23. The summed E-state index contributed by atoms with van der Waals surface area (Å²) in [6.45, 7) is 1.97. The average molecular weight is 391 g/mol. The maximum Gasteiger partial charge on any atom is 0.289 e. The van der Waals surface area contributed by atoms with E-state index in [4.69, 9.17) is 20.8 Å². The van der Waals surface area contributed by atoms with E-state index in [0.717, 1.165) is 0 Å². The first-order chi connectivity index (χ1) is 13.1. The number of benzene rings is 1. The molecule has 0 N–H and O–H groups in total. The van der Waals surface area contributed by atoms with Gasteiger partial charge in [-0.2, -0.15) is 0 Å². The Hall–Kier alpha value is -2.47. The molecule has 6 nitrogen and oxygen atoms in total. The zero-order valence-electron chi connectivity index (χ0n) is 15.3. The van der Waals surface area contributed by atoms with Crippen LogP contribution < -0.4 is 4.74 Å². The van der Waals surface area contributed by atoms with Crippen molar-refractivity contribution in [3.63, 3.8) is 0 Å². The molecular weight excluding hydrogens is 368 g/mol. The van der Waals surface area contributed by atoms with Crippen LogP contribution in [-0.2, 0) is 4.79 Å². The van der Waals surface area contributed by atoms with E-state index in [1.165, 1.54) is 6.26 Å². The molecule has 0 bridgehead atoms. The van der Waals surface area contributed by atoms with Gasteiger partial charge in [0.05, 0.1) is 17.8 Å². The van der Waals surface area contributed by atoms with Gasteiger partial charge in [-0.3, -0.25) is 9.59 Å². The third kappa shape index (κ3) is 4.83. The maximum atomic E-state index is 12.6. The number of nitrogens with zero attached hydrogens (tertiary/aromatic N) is 2. The van der Waals surface area contributed by atoms with Crippen LogP contribution in [0.4, 0.5) is 0 Å². The molecular formula is C20H23ClN2O4. The lowest BCUT2D eigenvalue weighted by Gasteiger charge is -2.32. The number of likely N-dealkylation sites (tertiary alicyclic amines) is 1. The van der Waals surface area contributed by atoms with Crippen molar-refractivity contribution in [2.45, 2.75) is 12.8 Å². The van der Waals surface area contributed by atoms with Crippen LogP contribution in [0.2, 0.25) is 5.02 Å². The van der Waals surface area contributed by atoms with E-state index in [-0.39, 0.29) is 17.7 Å². The van der Waals surface area contributed by atoms with Crippen molar-refractivity contribution < 1.29 is 18.7 Å². The Balaban J connectivity index is 1.43. The minimum Gasteiger partial charge on any atom is -0.490 e. The number of ether oxygens (including phenoxy) is 1. The van der Waals surface area contributed by atoms with Gasteiger partial charge < -0.3 is 19.0 Å². The number of piperidine rings is 1. The van der Waals surface area contributed by atoms with Gasteiger partial charge >= 0.3 is 0 Å². The molecule has 0 saturated carbocycles. The largest absolute Gasteiger partial charge is 0.490 e. The fourth-order valence-electron chi connectivity index (χ4n) is 3.16. The first-order valence-electron chi connectivity index (χ1n) is 9.01. The van der Waals surface area contributed by atoms with E-state index < -0.39 is 0 Å². The number of carbonyl (C=O) groups excluding carboxylic acids is 2. The lowest BCUT2D eigenvalue weighted by Crippen LogP contribution is -2.44. The molecule has 1 saturated heterocycles. The van der Waals surface area contributed by atoms with Crippen molar-refractivity contribution in [3.8, 4) is 5.75 Å². The molecule has 1 aliphatic heterocycles. The van der Waals surface area contributed by atoms with Gasteiger partial charge in [-0.15, -0.1) is 0 Å². The zero-order valence-corrected chi connectivity index (χ0v) is 16.0. The molecule has 0 aliphatic carbocycles. The third-order valence-electron chi connectivity index (χ3n) is 4.76. The third-order valence-corrected chi connectivity index (χ3v) is 5.07. The van der Waals surface area contributed by atoms with Gasteiger partial charge in [0.2, 0.25) is 5.91 Å². The molecule has 2 heterocycles. The highest BCUT2D eigenvalue weighted by Gasteiger charge is 2.30. The number of para-hydroxylation sites is 1. The summed E-state index contributed by atoms with van der Waals surface area (Å²) in [5.41, 5.74) is 0. The van der Waals surface area contributed by atoms with Crippen LogP contribution in [0.25, 0.3) is 0 Å². The predicted molar refractivity (Wildman–Crippen MR) is 102 cm³/mol. The smallest absolute Gasteiger partial charge is 0.289 e. The number of furan rings is 1. The molecule has 3 rings (SSSR count). The molecule has 144 valence electrons. The molecule has 0 spiro atoms. The summed E-state index contributed by atoms with van der Waals surface area (Å²) in [6, 6.07) is 10.6. The Morgan fingerprint density at radius 3 is 2.63 bits per heavy atom. The Labute approximate surface area is 163 Å². The van der Waals surface area contributed by atoms with Gasteiger partial charge in [-0.1, -0.05) is 23.7 Å². The highest BCUT2D eigenvalue weighted by atomic mass is 35.5. The van der Waals surface area contributed by atoms with Crippen LogP contribution in [0.15, 0.2) is 47.1 Å². The topological polar surface area (TPSA) is 63.0 Å². The lowest BCUT2D eigenvalue weighted by molar-refractivity contribution is -0.135. The van der Waals surface area contributed by atoms with E-state index in [1.54, 1.807) is 41.1 Å². The molecule has 1 aliphatic rings. The molecule has 27 heavy (non-hydrogen) atoms. The Morgan fingerprint density at radius 2 is 1.96 bits per heavy atom. The molecule has 1 fully saturated rings.